The van der Waals surface area contributed by atoms with Crippen LogP contribution in [0.1, 0.15) is 44.7 Å². The second-order valence-electron chi connectivity index (χ2n) is 4.93. The van der Waals surface area contributed by atoms with E-state index >= 15 is 0 Å². The Morgan fingerprint density at radius 3 is 2.83 bits per heavy atom. The summed E-state index contributed by atoms with van der Waals surface area (Å²) in [6, 6.07) is 2.46. The number of halogens is 2. The van der Waals surface area contributed by atoms with E-state index in [1.54, 1.807) is 11.3 Å². The molecule has 102 valence electrons. The van der Waals surface area contributed by atoms with Crippen molar-refractivity contribution in [1.82, 2.24) is 5.32 Å². The van der Waals surface area contributed by atoms with Crippen LogP contribution in [0.3, 0.4) is 0 Å². The zero-order valence-electron chi connectivity index (χ0n) is 10.8. The van der Waals surface area contributed by atoms with E-state index < -0.39 is 0 Å². The van der Waals surface area contributed by atoms with Crippen molar-refractivity contribution in [1.29, 1.82) is 0 Å². The highest BCUT2D eigenvalue weighted by atomic mass is 79.9. The molecule has 2 atom stereocenters. The summed E-state index contributed by atoms with van der Waals surface area (Å²) in [6.07, 6.45) is 3.41. The average molecular weight is 397 g/mol. The van der Waals surface area contributed by atoms with Crippen molar-refractivity contribution in [3.8, 4) is 0 Å². The van der Waals surface area contributed by atoms with Crippen molar-refractivity contribution in [2.24, 2.45) is 0 Å². The predicted molar refractivity (Wildman–Crippen MR) is 84.3 cm³/mol. The van der Waals surface area contributed by atoms with Gasteiger partial charge in [-0.3, -0.25) is 0 Å². The Kier molecular flexibility index (Phi) is 5.29. The molecular weight excluding hydrogens is 378 g/mol. The number of ether oxygens (including phenoxy) is 1. The fourth-order valence-electron chi connectivity index (χ4n) is 2.52. The normalized spacial score (nSPS) is 25.6. The molecule has 1 aliphatic rings. The quantitative estimate of drug-likeness (QED) is 0.765. The van der Waals surface area contributed by atoms with Crippen molar-refractivity contribution < 1.29 is 4.74 Å². The molecule has 0 radical (unpaired) electrons. The van der Waals surface area contributed by atoms with Crippen LogP contribution < -0.4 is 5.32 Å². The third kappa shape index (κ3) is 3.18. The van der Waals surface area contributed by atoms with Crippen molar-refractivity contribution in [2.75, 3.05) is 13.2 Å². The SMILES string of the molecule is CCCNC(c1cc(Br)sc1Br)C1(C)CCCO1. The molecule has 18 heavy (non-hydrogen) atoms. The standard InChI is InChI=1S/C13H19Br2NOS/c1-3-6-16-11(13(2)5-4-7-17-13)9-8-10(14)18-12(9)15/h8,11,16H,3-7H2,1-2H3. The summed E-state index contributed by atoms with van der Waals surface area (Å²) in [5, 5.41) is 3.65. The lowest BCUT2D eigenvalue weighted by molar-refractivity contribution is -0.0125. The van der Waals surface area contributed by atoms with E-state index in [1.807, 2.05) is 0 Å². The minimum atomic E-state index is -0.0851. The van der Waals surface area contributed by atoms with E-state index in [0.29, 0.717) is 0 Å². The highest BCUT2D eigenvalue weighted by Crippen LogP contribution is 2.43. The largest absolute Gasteiger partial charge is 0.373 e. The van der Waals surface area contributed by atoms with Crippen LogP contribution in [0.15, 0.2) is 13.6 Å². The molecule has 0 aliphatic carbocycles. The first-order valence-electron chi connectivity index (χ1n) is 6.39. The first-order chi connectivity index (χ1) is 8.57. The van der Waals surface area contributed by atoms with Crippen LogP contribution in [0.4, 0.5) is 0 Å². The molecule has 1 aliphatic heterocycles. The smallest absolute Gasteiger partial charge is 0.0849 e. The molecular formula is C13H19Br2NOS. The van der Waals surface area contributed by atoms with Gasteiger partial charge in [0.15, 0.2) is 0 Å². The number of hydrogen-bond donors (Lipinski definition) is 1. The minimum Gasteiger partial charge on any atom is -0.373 e. The van der Waals surface area contributed by atoms with E-state index in [-0.39, 0.29) is 11.6 Å². The van der Waals surface area contributed by atoms with Crippen LogP contribution in [0.2, 0.25) is 0 Å². The van der Waals surface area contributed by atoms with Crippen LogP contribution in [0, 0.1) is 0 Å². The van der Waals surface area contributed by atoms with Gasteiger partial charge in [0.25, 0.3) is 0 Å². The number of nitrogens with one attached hydrogen (secondary N) is 1. The Morgan fingerprint density at radius 2 is 2.33 bits per heavy atom. The van der Waals surface area contributed by atoms with Crippen molar-refractivity contribution in [2.45, 2.75) is 44.8 Å². The van der Waals surface area contributed by atoms with Crippen LogP contribution in [-0.2, 0) is 4.74 Å². The molecule has 5 heteroatoms. The number of rotatable bonds is 5. The third-order valence-corrected chi connectivity index (χ3v) is 5.84. The minimum absolute atomic E-state index is 0.0851. The molecule has 2 nitrogen and oxygen atoms in total. The zero-order chi connectivity index (χ0) is 13.2. The van der Waals surface area contributed by atoms with Gasteiger partial charge < -0.3 is 10.1 Å². The van der Waals surface area contributed by atoms with E-state index in [1.165, 1.54) is 9.35 Å². The van der Waals surface area contributed by atoms with Crippen molar-refractivity contribution >= 4 is 43.2 Å². The highest BCUT2D eigenvalue weighted by molar-refractivity contribution is 9.12. The second-order valence-corrected chi connectivity index (χ2v) is 8.68. The van der Waals surface area contributed by atoms with Crippen LogP contribution in [-0.4, -0.2) is 18.8 Å². The Morgan fingerprint density at radius 1 is 1.56 bits per heavy atom. The summed E-state index contributed by atoms with van der Waals surface area (Å²) in [6.45, 7) is 6.32. The maximum Gasteiger partial charge on any atom is 0.0849 e. The van der Waals surface area contributed by atoms with E-state index in [2.05, 4.69) is 57.1 Å². The second kappa shape index (κ2) is 6.35. The van der Waals surface area contributed by atoms with Gasteiger partial charge in [-0.25, -0.2) is 0 Å². The van der Waals surface area contributed by atoms with Crippen LogP contribution in [0.5, 0.6) is 0 Å². The molecule has 1 saturated heterocycles. The molecule has 1 N–H and O–H groups in total. The molecule has 0 amide bonds. The molecule has 0 spiro atoms. The average Bonchev–Trinajstić information content (AvgIpc) is 2.87. The first-order valence-corrected chi connectivity index (χ1v) is 8.79. The summed E-state index contributed by atoms with van der Waals surface area (Å²) in [5.74, 6) is 0. The van der Waals surface area contributed by atoms with Gasteiger partial charge in [0.1, 0.15) is 0 Å². The zero-order valence-corrected chi connectivity index (χ0v) is 14.8. The molecule has 2 rings (SSSR count). The van der Waals surface area contributed by atoms with E-state index in [9.17, 15) is 0 Å². The lowest BCUT2D eigenvalue weighted by atomic mass is 9.89. The number of hydrogen-bond acceptors (Lipinski definition) is 3. The van der Waals surface area contributed by atoms with Crippen LogP contribution >= 0.6 is 43.2 Å². The van der Waals surface area contributed by atoms with Gasteiger partial charge in [-0.1, -0.05) is 6.92 Å². The lowest BCUT2D eigenvalue weighted by Crippen LogP contribution is -2.41. The fraction of sp³-hybridized carbons (Fsp3) is 0.692. The molecule has 0 aromatic carbocycles. The Hall–Kier alpha value is 0.580. The maximum atomic E-state index is 6.02. The lowest BCUT2D eigenvalue weighted by Gasteiger charge is -2.34. The van der Waals surface area contributed by atoms with Crippen molar-refractivity contribution in [3.05, 3.63) is 19.2 Å². The van der Waals surface area contributed by atoms with Gasteiger partial charge in [-0.15, -0.1) is 11.3 Å². The van der Waals surface area contributed by atoms with Crippen LogP contribution in [0.25, 0.3) is 0 Å². The summed E-state index contributed by atoms with van der Waals surface area (Å²) >= 11 is 8.97. The molecule has 1 aromatic heterocycles. The molecule has 1 aromatic rings. The molecule has 2 heterocycles. The van der Waals surface area contributed by atoms with E-state index in [0.717, 1.165) is 36.2 Å². The van der Waals surface area contributed by atoms with E-state index in [4.69, 9.17) is 4.74 Å². The van der Waals surface area contributed by atoms with Gasteiger partial charge in [0.05, 0.1) is 19.2 Å². The van der Waals surface area contributed by atoms with Crippen molar-refractivity contribution in [3.63, 3.8) is 0 Å². The summed E-state index contributed by atoms with van der Waals surface area (Å²) in [5.41, 5.74) is 1.22. The molecule has 1 fully saturated rings. The summed E-state index contributed by atoms with van der Waals surface area (Å²) in [7, 11) is 0. The van der Waals surface area contributed by atoms with Gasteiger partial charge in [-0.05, 0) is 76.2 Å². The van der Waals surface area contributed by atoms with Gasteiger partial charge in [0.2, 0.25) is 0 Å². The maximum absolute atomic E-state index is 6.02. The predicted octanol–water partition coefficient (Wildman–Crippen LogP) is 4.88. The third-order valence-electron chi connectivity index (χ3n) is 3.45. The Labute approximate surface area is 130 Å². The monoisotopic (exact) mass is 395 g/mol. The molecule has 0 bridgehead atoms. The fourth-order valence-corrected chi connectivity index (χ4v) is 5.42. The molecule has 2 unspecified atom stereocenters. The number of thiophene rings is 1. The highest BCUT2D eigenvalue weighted by Gasteiger charge is 2.40. The topological polar surface area (TPSA) is 21.3 Å². The van der Waals surface area contributed by atoms with Gasteiger partial charge >= 0.3 is 0 Å². The summed E-state index contributed by atoms with van der Waals surface area (Å²) < 4.78 is 8.38. The summed E-state index contributed by atoms with van der Waals surface area (Å²) in [4.78, 5) is 0. The molecule has 0 saturated carbocycles. The Bertz CT molecular complexity index is 402. The Balaban J connectivity index is 2.27. The van der Waals surface area contributed by atoms with Gasteiger partial charge in [-0.2, -0.15) is 0 Å². The first kappa shape index (κ1) is 15.0. The van der Waals surface area contributed by atoms with Gasteiger partial charge in [0, 0.05) is 6.61 Å².